The third-order valence-corrected chi connectivity index (χ3v) is 2.51. The lowest BCUT2D eigenvalue weighted by molar-refractivity contribution is 0.334. The molecule has 1 atom stereocenters. The van der Waals surface area contributed by atoms with Gasteiger partial charge in [-0.25, -0.2) is 4.99 Å². The van der Waals surface area contributed by atoms with Crippen LogP contribution in [0.5, 0.6) is 0 Å². The Morgan fingerprint density at radius 1 is 1.45 bits per heavy atom. The fraction of sp³-hybridized carbons (Fsp3) is 0.875. The van der Waals surface area contributed by atoms with Gasteiger partial charge in [0.2, 0.25) is 0 Å². The predicted molar refractivity (Wildman–Crippen MR) is 47.2 cm³/mol. The average Bonchev–Trinajstić information content (AvgIpc) is 2.10. The number of hydrogen-bond donors (Lipinski definition) is 2. The summed E-state index contributed by atoms with van der Waals surface area (Å²) >= 11 is 0. The standard InChI is InChI=1S/C8H17N3/c1-8(2)5-3-4-6(8)11-7(9)10/h6H,3-5H2,1-2H3,(H4,9,10,11). The lowest BCUT2D eigenvalue weighted by atomic mass is 9.88. The highest BCUT2D eigenvalue weighted by Crippen LogP contribution is 2.39. The Bertz CT molecular complexity index is 168. The van der Waals surface area contributed by atoms with Gasteiger partial charge in [0, 0.05) is 0 Å². The SMILES string of the molecule is CC1(C)CCCC1N=C(N)N. The number of rotatable bonds is 1. The van der Waals surface area contributed by atoms with Gasteiger partial charge in [0.1, 0.15) is 0 Å². The van der Waals surface area contributed by atoms with Crippen molar-refractivity contribution in [2.75, 3.05) is 0 Å². The molecule has 0 aliphatic heterocycles. The molecule has 4 N–H and O–H groups in total. The van der Waals surface area contributed by atoms with E-state index in [9.17, 15) is 0 Å². The quantitative estimate of drug-likeness (QED) is 0.435. The summed E-state index contributed by atoms with van der Waals surface area (Å²) in [4.78, 5) is 4.20. The van der Waals surface area contributed by atoms with E-state index in [0.717, 1.165) is 6.42 Å². The van der Waals surface area contributed by atoms with Crippen molar-refractivity contribution in [2.45, 2.75) is 39.2 Å². The first-order chi connectivity index (χ1) is 5.02. The van der Waals surface area contributed by atoms with Crippen LogP contribution in [-0.2, 0) is 0 Å². The summed E-state index contributed by atoms with van der Waals surface area (Å²) in [6, 6.07) is 0.340. The normalized spacial score (nSPS) is 28.4. The third kappa shape index (κ3) is 1.85. The van der Waals surface area contributed by atoms with E-state index in [-0.39, 0.29) is 5.96 Å². The van der Waals surface area contributed by atoms with Crippen molar-refractivity contribution in [2.24, 2.45) is 21.9 Å². The number of nitrogens with two attached hydrogens (primary N) is 2. The van der Waals surface area contributed by atoms with Crippen molar-refractivity contribution in [3.8, 4) is 0 Å². The molecule has 1 aliphatic carbocycles. The van der Waals surface area contributed by atoms with Crippen LogP contribution in [0.3, 0.4) is 0 Å². The zero-order valence-electron chi connectivity index (χ0n) is 7.30. The van der Waals surface area contributed by atoms with E-state index >= 15 is 0 Å². The van der Waals surface area contributed by atoms with Gasteiger partial charge in [-0.1, -0.05) is 20.3 Å². The van der Waals surface area contributed by atoms with Crippen LogP contribution in [0.1, 0.15) is 33.1 Å². The van der Waals surface area contributed by atoms with Crippen LogP contribution >= 0.6 is 0 Å². The Morgan fingerprint density at radius 3 is 2.45 bits per heavy atom. The van der Waals surface area contributed by atoms with Crippen molar-refractivity contribution >= 4 is 5.96 Å². The van der Waals surface area contributed by atoms with Gasteiger partial charge >= 0.3 is 0 Å². The van der Waals surface area contributed by atoms with Crippen molar-refractivity contribution in [1.29, 1.82) is 0 Å². The molecule has 0 aromatic rings. The second kappa shape index (κ2) is 2.72. The summed E-state index contributed by atoms with van der Waals surface area (Å²) in [7, 11) is 0. The molecule has 0 radical (unpaired) electrons. The van der Waals surface area contributed by atoms with Crippen molar-refractivity contribution in [1.82, 2.24) is 0 Å². The molecule has 64 valence electrons. The van der Waals surface area contributed by atoms with Gasteiger partial charge < -0.3 is 11.5 Å². The zero-order valence-corrected chi connectivity index (χ0v) is 7.30. The minimum Gasteiger partial charge on any atom is -0.370 e. The maximum Gasteiger partial charge on any atom is 0.186 e. The molecule has 0 heterocycles. The Morgan fingerprint density at radius 2 is 2.09 bits per heavy atom. The molecule has 3 heteroatoms. The zero-order chi connectivity index (χ0) is 8.48. The smallest absolute Gasteiger partial charge is 0.186 e. The van der Waals surface area contributed by atoms with Crippen molar-refractivity contribution in [3.63, 3.8) is 0 Å². The molecule has 0 aromatic heterocycles. The third-order valence-electron chi connectivity index (χ3n) is 2.51. The van der Waals surface area contributed by atoms with Crippen LogP contribution in [0.4, 0.5) is 0 Å². The average molecular weight is 155 g/mol. The lowest BCUT2D eigenvalue weighted by Crippen LogP contribution is -2.29. The fourth-order valence-electron chi connectivity index (χ4n) is 1.73. The van der Waals surface area contributed by atoms with E-state index in [2.05, 4.69) is 18.8 Å². The first kappa shape index (κ1) is 8.37. The minimum atomic E-state index is 0.227. The van der Waals surface area contributed by atoms with E-state index in [1.165, 1.54) is 12.8 Å². The molecule has 0 amide bonds. The molecular formula is C8H17N3. The molecule has 1 rings (SSSR count). The largest absolute Gasteiger partial charge is 0.370 e. The number of guanidine groups is 1. The Hall–Kier alpha value is -0.730. The molecule has 0 saturated heterocycles. The van der Waals surface area contributed by atoms with Gasteiger partial charge in [-0.2, -0.15) is 0 Å². The molecule has 1 saturated carbocycles. The van der Waals surface area contributed by atoms with Crippen LogP contribution in [0.15, 0.2) is 4.99 Å². The summed E-state index contributed by atoms with van der Waals surface area (Å²) in [5.74, 6) is 0.227. The molecular weight excluding hydrogens is 138 g/mol. The van der Waals surface area contributed by atoms with E-state index in [0.29, 0.717) is 11.5 Å². The first-order valence-electron chi connectivity index (χ1n) is 4.11. The summed E-state index contributed by atoms with van der Waals surface area (Å²) in [6.45, 7) is 4.44. The van der Waals surface area contributed by atoms with Crippen LogP contribution < -0.4 is 11.5 Å². The summed E-state index contributed by atoms with van der Waals surface area (Å²) in [5.41, 5.74) is 10.9. The Balaban J connectivity index is 2.66. The van der Waals surface area contributed by atoms with Crippen LogP contribution in [0.2, 0.25) is 0 Å². The van der Waals surface area contributed by atoms with Gasteiger partial charge in [0.25, 0.3) is 0 Å². The van der Waals surface area contributed by atoms with Crippen molar-refractivity contribution < 1.29 is 0 Å². The molecule has 1 fully saturated rings. The number of nitrogens with zero attached hydrogens (tertiary/aromatic N) is 1. The molecule has 0 aromatic carbocycles. The van der Waals surface area contributed by atoms with Gasteiger partial charge in [-0.3, -0.25) is 0 Å². The van der Waals surface area contributed by atoms with Crippen LogP contribution in [-0.4, -0.2) is 12.0 Å². The van der Waals surface area contributed by atoms with E-state index in [1.54, 1.807) is 0 Å². The maximum atomic E-state index is 5.32. The molecule has 11 heavy (non-hydrogen) atoms. The van der Waals surface area contributed by atoms with E-state index in [4.69, 9.17) is 11.5 Å². The van der Waals surface area contributed by atoms with E-state index < -0.39 is 0 Å². The molecule has 0 bridgehead atoms. The van der Waals surface area contributed by atoms with E-state index in [1.807, 2.05) is 0 Å². The van der Waals surface area contributed by atoms with Gasteiger partial charge in [-0.05, 0) is 18.3 Å². The highest BCUT2D eigenvalue weighted by molar-refractivity contribution is 5.75. The van der Waals surface area contributed by atoms with Crippen molar-refractivity contribution in [3.05, 3.63) is 0 Å². The van der Waals surface area contributed by atoms with Gasteiger partial charge in [0.15, 0.2) is 5.96 Å². The number of hydrogen-bond acceptors (Lipinski definition) is 1. The second-order valence-corrected chi connectivity index (χ2v) is 3.95. The molecule has 1 aliphatic rings. The van der Waals surface area contributed by atoms with Crippen LogP contribution in [0.25, 0.3) is 0 Å². The highest BCUT2D eigenvalue weighted by atomic mass is 15.0. The summed E-state index contributed by atoms with van der Waals surface area (Å²) in [6.07, 6.45) is 3.60. The fourth-order valence-corrected chi connectivity index (χ4v) is 1.73. The molecule has 1 unspecified atom stereocenters. The summed E-state index contributed by atoms with van der Waals surface area (Å²) in [5, 5.41) is 0. The Labute approximate surface area is 67.9 Å². The number of aliphatic imine (C=N–C) groups is 1. The van der Waals surface area contributed by atoms with Gasteiger partial charge in [0.05, 0.1) is 6.04 Å². The monoisotopic (exact) mass is 155 g/mol. The first-order valence-corrected chi connectivity index (χ1v) is 4.11. The van der Waals surface area contributed by atoms with Gasteiger partial charge in [-0.15, -0.1) is 0 Å². The van der Waals surface area contributed by atoms with Crippen LogP contribution in [0, 0.1) is 5.41 Å². The minimum absolute atomic E-state index is 0.227. The summed E-state index contributed by atoms with van der Waals surface area (Å²) < 4.78 is 0. The Kier molecular flexibility index (Phi) is 2.07. The molecule has 0 spiro atoms. The molecule has 3 nitrogen and oxygen atoms in total. The predicted octanol–water partition coefficient (Wildman–Crippen LogP) is 0.839. The maximum absolute atomic E-state index is 5.32. The topological polar surface area (TPSA) is 64.4 Å². The highest BCUT2D eigenvalue weighted by Gasteiger charge is 2.34. The lowest BCUT2D eigenvalue weighted by Gasteiger charge is -2.23. The second-order valence-electron chi connectivity index (χ2n) is 3.95.